The van der Waals surface area contributed by atoms with E-state index in [0.29, 0.717) is 0 Å². The summed E-state index contributed by atoms with van der Waals surface area (Å²) in [6.45, 7) is 3.76. The summed E-state index contributed by atoms with van der Waals surface area (Å²) in [6, 6.07) is 8.41. The van der Waals surface area contributed by atoms with Crippen molar-refractivity contribution in [3.05, 3.63) is 35.4 Å². The lowest BCUT2D eigenvalue weighted by molar-refractivity contribution is -0.140. The molecule has 1 amide bonds. The first kappa shape index (κ1) is 15.5. The summed E-state index contributed by atoms with van der Waals surface area (Å²) in [7, 11) is 0. The van der Waals surface area contributed by atoms with E-state index < -0.39 is 6.23 Å². The fourth-order valence-corrected chi connectivity index (χ4v) is 3.35. The summed E-state index contributed by atoms with van der Waals surface area (Å²) in [5.74, 6) is -0.378. The van der Waals surface area contributed by atoms with E-state index in [1.165, 1.54) is 11.1 Å². The largest absolute Gasteiger partial charge is 0.378 e. The van der Waals surface area contributed by atoms with E-state index in [0.717, 1.165) is 38.8 Å². The number of benzene rings is 1. The Hall–Kier alpha value is -1.43. The standard InChI is InChI=1S/C17H25N3O2/c1-2-3-8-14-15(21)18-17(19-16(14)22)20-10-9-12-6-4-5-7-13(12)11-20/h4-7,14-15,17-18,21H,2-3,8-11H2,1H3,(H,19,22). The van der Waals surface area contributed by atoms with Gasteiger partial charge in [0.1, 0.15) is 12.5 Å². The molecule has 2 aliphatic rings. The third-order valence-corrected chi connectivity index (χ3v) is 4.72. The van der Waals surface area contributed by atoms with E-state index in [2.05, 4.69) is 40.7 Å². The predicted octanol–water partition coefficient (Wildman–Crippen LogP) is 1.17. The molecule has 3 unspecified atom stereocenters. The van der Waals surface area contributed by atoms with Crippen LogP contribution in [0.1, 0.15) is 37.3 Å². The van der Waals surface area contributed by atoms with E-state index in [9.17, 15) is 9.90 Å². The molecule has 1 aromatic carbocycles. The highest BCUT2D eigenvalue weighted by atomic mass is 16.3. The maximum Gasteiger partial charge on any atom is 0.229 e. The number of carbonyl (C=O) groups is 1. The first-order valence-corrected chi connectivity index (χ1v) is 8.24. The van der Waals surface area contributed by atoms with Crippen molar-refractivity contribution in [3.63, 3.8) is 0 Å². The topological polar surface area (TPSA) is 64.6 Å². The van der Waals surface area contributed by atoms with E-state index in [-0.39, 0.29) is 18.1 Å². The van der Waals surface area contributed by atoms with E-state index in [1.807, 2.05) is 6.07 Å². The van der Waals surface area contributed by atoms with Gasteiger partial charge in [0.25, 0.3) is 0 Å². The van der Waals surface area contributed by atoms with Crippen LogP contribution in [-0.4, -0.2) is 35.0 Å². The minimum absolute atomic E-state index is 0.0384. The third-order valence-electron chi connectivity index (χ3n) is 4.72. The van der Waals surface area contributed by atoms with Gasteiger partial charge in [-0.3, -0.25) is 15.0 Å². The summed E-state index contributed by atoms with van der Waals surface area (Å²) in [4.78, 5) is 14.5. The molecule has 1 aromatic rings. The average molecular weight is 303 g/mol. The predicted molar refractivity (Wildman–Crippen MR) is 84.6 cm³/mol. The zero-order valence-corrected chi connectivity index (χ0v) is 13.1. The van der Waals surface area contributed by atoms with Crippen molar-refractivity contribution in [2.24, 2.45) is 5.92 Å². The average Bonchev–Trinajstić information content (AvgIpc) is 2.53. The Bertz CT molecular complexity index is 534. The molecule has 0 saturated carbocycles. The lowest BCUT2D eigenvalue weighted by Crippen LogP contribution is -2.67. The molecule has 2 heterocycles. The van der Waals surface area contributed by atoms with Crippen molar-refractivity contribution in [1.29, 1.82) is 0 Å². The van der Waals surface area contributed by atoms with Crippen molar-refractivity contribution in [3.8, 4) is 0 Å². The molecule has 1 saturated heterocycles. The maximum atomic E-state index is 12.3. The van der Waals surface area contributed by atoms with E-state index >= 15 is 0 Å². The van der Waals surface area contributed by atoms with Gasteiger partial charge in [-0.25, -0.2) is 0 Å². The molecule has 0 aliphatic carbocycles. The third kappa shape index (κ3) is 3.16. The van der Waals surface area contributed by atoms with Crippen molar-refractivity contribution in [1.82, 2.24) is 15.5 Å². The Balaban J connectivity index is 1.64. The van der Waals surface area contributed by atoms with Crippen LogP contribution in [0.4, 0.5) is 0 Å². The van der Waals surface area contributed by atoms with Crippen LogP contribution in [0.15, 0.2) is 24.3 Å². The van der Waals surface area contributed by atoms with Gasteiger partial charge in [0.05, 0.1) is 5.92 Å². The monoisotopic (exact) mass is 303 g/mol. The molecule has 3 N–H and O–H groups in total. The molecule has 0 bridgehead atoms. The summed E-state index contributed by atoms with van der Waals surface area (Å²) in [5.41, 5.74) is 2.68. The van der Waals surface area contributed by atoms with Gasteiger partial charge in [0, 0.05) is 13.1 Å². The maximum absolute atomic E-state index is 12.3. The normalized spacial score (nSPS) is 29.0. The molecule has 1 fully saturated rings. The molecular weight excluding hydrogens is 278 g/mol. The van der Waals surface area contributed by atoms with Crippen LogP contribution in [0.2, 0.25) is 0 Å². The highest BCUT2D eigenvalue weighted by Gasteiger charge is 2.37. The molecule has 0 spiro atoms. The van der Waals surface area contributed by atoms with Crippen LogP contribution in [0.25, 0.3) is 0 Å². The van der Waals surface area contributed by atoms with Crippen molar-refractivity contribution in [2.75, 3.05) is 6.54 Å². The number of hydrogen-bond donors (Lipinski definition) is 3. The van der Waals surface area contributed by atoms with Crippen LogP contribution < -0.4 is 10.6 Å². The quantitative estimate of drug-likeness (QED) is 0.781. The fraction of sp³-hybridized carbons (Fsp3) is 0.588. The van der Waals surface area contributed by atoms with Gasteiger partial charge < -0.3 is 10.4 Å². The Morgan fingerprint density at radius 1 is 1.32 bits per heavy atom. The van der Waals surface area contributed by atoms with Crippen LogP contribution in [0.5, 0.6) is 0 Å². The zero-order chi connectivity index (χ0) is 15.5. The van der Waals surface area contributed by atoms with Gasteiger partial charge in [-0.05, 0) is 24.0 Å². The Morgan fingerprint density at radius 2 is 2.09 bits per heavy atom. The zero-order valence-electron chi connectivity index (χ0n) is 13.1. The number of unbranched alkanes of at least 4 members (excludes halogenated alkanes) is 1. The number of fused-ring (bicyclic) bond motifs is 1. The van der Waals surface area contributed by atoms with Crippen LogP contribution >= 0.6 is 0 Å². The van der Waals surface area contributed by atoms with E-state index in [1.54, 1.807) is 0 Å². The Kier molecular flexibility index (Phi) is 4.76. The highest BCUT2D eigenvalue weighted by molar-refractivity contribution is 5.80. The number of aliphatic hydroxyl groups is 1. The molecule has 120 valence electrons. The minimum atomic E-state index is -0.762. The van der Waals surface area contributed by atoms with E-state index in [4.69, 9.17) is 0 Å². The van der Waals surface area contributed by atoms with Crippen LogP contribution in [-0.2, 0) is 17.8 Å². The Morgan fingerprint density at radius 3 is 2.82 bits per heavy atom. The van der Waals surface area contributed by atoms with Gasteiger partial charge >= 0.3 is 0 Å². The van der Waals surface area contributed by atoms with Crippen LogP contribution in [0.3, 0.4) is 0 Å². The summed E-state index contributed by atoms with van der Waals surface area (Å²) < 4.78 is 0. The number of nitrogens with zero attached hydrogens (tertiary/aromatic N) is 1. The first-order valence-electron chi connectivity index (χ1n) is 8.24. The SMILES string of the molecule is CCCCC1C(=O)NC(N2CCc3ccccc3C2)NC1O. The van der Waals surface area contributed by atoms with Crippen molar-refractivity contribution >= 4 is 5.91 Å². The molecule has 5 nitrogen and oxygen atoms in total. The molecular formula is C17H25N3O2. The van der Waals surface area contributed by atoms with Crippen molar-refractivity contribution in [2.45, 2.75) is 51.7 Å². The number of hydrogen-bond acceptors (Lipinski definition) is 4. The fourth-order valence-electron chi connectivity index (χ4n) is 3.35. The van der Waals surface area contributed by atoms with Crippen LogP contribution in [0, 0.1) is 5.92 Å². The lowest BCUT2D eigenvalue weighted by atomic mass is 9.96. The second kappa shape index (κ2) is 6.77. The summed E-state index contributed by atoms with van der Waals surface area (Å²) in [5, 5.41) is 16.4. The van der Waals surface area contributed by atoms with Gasteiger partial charge in [-0.2, -0.15) is 0 Å². The summed E-state index contributed by atoms with van der Waals surface area (Å²) in [6.07, 6.45) is 2.64. The molecule has 2 aliphatic heterocycles. The second-order valence-electron chi connectivity index (χ2n) is 6.26. The number of carbonyl (C=O) groups excluding carboxylic acids is 1. The molecule has 3 atom stereocenters. The Labute approximate surface area is 131 Å². The molecule has 0 radical (unpaired) electrons. The van der Waals surface area contributed by atoms with Gasteiger partial charge in [0.15, 0.2) is 0 Å². The highest BCUT2D eigenvalue weighted by Crippen LogP contribution is 2.22. The number of rotatable bonds is 4. The molecule has 0 aromatic heterocycles. The smallest absolute Gasteiger partial charge is 0.229 e. The van der Waals surface area contributed by atoms with Gasteiger partial charge in [-0.1, -0.05) is 44.0 Å². The van der Waals surface area contributed by atoms with Crippen molar-refractivity contribution < 1.29 is 9.90 Å². The molecule has 5 heteroatoms. The number of nitrogens with one attached hydrogen (secondary N) is 2. The van der Waals surface area contributed by atoms with Gasteiger partial charge in [0.2, 0.25) is 5.91 Å². The van der Waals surface area contributed by atoms with Gasteiger partial charge in [-0.15, -0.1) is 0 Å². The molecule has 22 heavy (non-hydrogen) atoms. The minimum Gasteiger partial charge on any atom is -0.378 e. The second-order valence-corrected chi connectivity index (χ2v) is 6.26. The molecule has 3 rings (SSSR count). The number of aliphatic hydroxyl groups excluding tert-OH is 1. The summed E-state index contributed by atoms with van der Waals surface area (Å²) >= 11 is 0. The lowest BCUT2D eigenvalue weighted by Gasteiger charge is -2.42. The number of amides is 1. The first-order chi connectivity index (χ1) is 10.7.